The van der Waals surface area contributed by atoms with Crippen molar-refractivity contribution in [2.24, 2.45) is 4.99 Å². The second-order valence-electron chi connectivity index (χ2n) is 5.67. The summed E-state index contributed by atoms with van der Waals surface area (Å²) in [5.41, 5.74) is -3.03. The van der Waals surface area contributed by atoms with E-state index in [0.29, 0.717) is 11.3 Å². The standard InChI is InChI=1S/C18H15F3N2O3/c1-26-14-10-6-5-9-13(14)11-23-15(12-7-3-2-4-8-12)22-17(25,16(23)24)18(19,20)21/h2-10,25H,11H2,1H3. The number of aliphatic imine (C=N–C) groups is 1. The van der Waals surface area contributed by atoms with Crippen molar-refractivity contribution < 1.29 is 27.8 Å². The Morgan fingerprint density at radius 1 is 1.12 bits per heavy atom. The summed E-state index contributed by atoms with van der Waals surface area (Å²) < 4.78 is 45.1. The second kappa shape index (κ2) is 6.45. The van der Waals surface area contributed by atoms with Crippen molar-refractivity contribution in [2.75, 3.05) is 7.11 Å². The summed E-state index contributed by atoms with van der Waals surface area (Å²) in [6, 6.07) is 14.6. The van der Waals surface area contributed by atoms with Crippen molar-refractivity contribution in [1.82, 2.24) is 4.90 Å². The third-order valence-corrected chi connectivity index (χ3v) is 4.01. The van der Waals surface area contributed by atoms with Crippen LogP contribution in [0.1, 0.15) is 11.1 Å². The maximum atomic E-state index is 13.3. The molecule has 1 aliphatic rings. The number of halogens is 3. The first-order valence-electron chi connectivity index (χ1n) is 7.66. The summed E-state index contributed by atoms with van der Waals surface area (Å²) in [5.74, 6) is -1.38. The predicted octanol–water partition coefficient (Wildman–Crippen LogP) is 2.74. The van der Waals surface area contributed by atoms with Crippen LogP contribution in [0.2, 0.25) is 0 Å². The fraction of sp³-hybridized carbons (Fsp3) is 0.222. The van der Waals surface area contributed by atoms with Gasteiger partial charge < -0.3 is 9.84 Å². The highest BCUT2D eigenvalue weighted by atomic mass is 19.4. The summed E-state index contributed by atoms with van der Waals surface area (Å²) in [6.45, 7) is -0.227. The van der Waals surface area contributed by atoms with Gasteiger partial charge in [0.15, 0.2) is 0 Å². The molecule has 0 spiro atoms. The maximum absolute atomic E-state index is 13.3. The first-order chi connectivity index (χ1) is 12.3. The Kier molecular flexibility index (Phi) is 4.45. The molecule has 1 N–H and O–H groups in total. The van der Waals surface area contributed by atoms with Gasteiger partial charge in [-0.1, -0.05) is 48.5 Å². The van der Waals surface area contributed by atoms with Crippen molar-refractivity contribution in [3.63, 3.8) is 0 Å². The minimum Gasteiger partial charge on any atom is -0.496 e. The van der Waals surface area contributed by atoms with E-state index < -0.39 is 17.8 Å². The third kappa shape index (κ3) is 2.92. The first-order valence-corrected chi connectivity index (χ1v) is 7.66. The zero-order chi connectivity index (χ0) is 18.9. The fourth-order valence-corrected chi connectivity index (χ4v) is 2.69. The topological polar surface area (TPSA) is 62.1 Å². The number of carbonyl (C=O) groups is 1. The Balaban J connectivity index is 2.07. The number of hydrogen-bond donors (Lipinski definition) is 1. The molecular formula is C18H15F3N2O3. The average molecular weight is 364 g/mol. The lowest BCUT2D eigenvalue weighted by molar-refractivity contribution is -0.248. The number of hydrogen-bond acceptors (Lipinski definition) is 4. The normalized spacial score (nSPS) is 20.3. The molecule has 0 bridgehead atoms. The molecule has 2 aromatic rings. The minimum atomic E-state index is -5.24. The molecule has 26 heavy (non-hydrogen) atoms. The Bertz CT molecular complexity index is 852. The van der Waals surface area contributed by atoms with Crippen LogP contribution in [0.15, 0.2) is 59.6 Å². The van der Waals surface area contributed by atoms with E-state index in [-0.39, 0.29) is 17.9 Å². The highest BCUT2D eigenvalue weighted by Gasteiger charge is 2.65. The molecule has 1 unspecified atom stereocenters. The summed E-state index contributed by atoms with van der Waals surface area (Å²) in [5, 5.41) is 9.97. The van der Waals surface area contributed by atoms with E-state index in [1.54, 1.807) is 42.5 Å². The van der Waals surface area contributed by atoms with E-state index in [1.165, 1.54) is 19.2 Å². The molecule has 0 aromatic heterocycles. The highest BCUT2D eigenvalue weighted by Crippen LogP contribution is 2.39. The molecule has 1 atom stereocenters. The summed E-state index contributed by atoms with van der Waals surface area (Å²) in [4.78, 5) is 16.6. The highest BCUT2D eigenvalue weighted by molar-refractivity contribution is 6.14. The van der Waals surface area contributed by atoms with E-state index in [2.05, 4.69) is 4.99 Å². The van der Waals surface area contributed by atoms with Crippen molar-refractivity contribution in [1.29, 1.82) is 0 Å². The number of ether oxygens (including phenoxy) is 1. The van der Waals surface area contributed by atoms with Crippen LogP contribution in [0.3, 0.4) is 0 Å². The van der Waals surface area contributed by atoms with Crippen molar-refractivity contribution in [3.05, 3.63) is 65.7 Å². The molecule has 0 saturated heterocycles. The number of rotatable bonds is 4. The number of para-hydroxylation sites is 1. The maximum Gasteiger partial charge on any atom is 0.448 e. The second-order valence-corrected chi connectivity index (χ2v) is 5.67. The number of carbonyl (C=O) groups excluding carboxylic acids is 1. The summed E-state index contributed by atoms with van der Waals surface area (Å²) >= 11 is 0. The zero-order valence-corrected chi connectivity index (χ0v) is 13.7. The average Bonchev–Trinajstić information content (AvgIpc) is 2.89. The lowest BCUT2D eigenvalue weighted by atomic mass is 10.1. The molecule has 1 aliphatic heterocycles. The van der Waals surface area contributed by atoms with Crippen LogP contribution in [-0.4, -0.2) is 40.8 Å². The van der Waals surface area contributed by atoms with E-state index in [9.17, 15) is 23.1 Å². The number of benzene rings is 2. The molecule has 5 nitrogen and oxygen atoms in total. The van der Waals surface area contributed by atoms with Gasteiger partial charge >= 0.3 is 11.9 Å². The fourth-order valence-electron chi connectivity index (χ4n) is 2.69. The minimum absolute atomic E-state index is 0.227. The number of amides is 1. The lowest BCUT2D eigenvalue weighted by Gasteiger charge is -2.24. The molecule has 0 radical (unpaired) electrons. The smallest absolute Gasteiger partial charge is 0.448 e. The van der Waals surface area contributed by atoms with Gasteiger partial charge in [-0.3, -0.25) is 9.69 Å². The van der Waals surface area contributed by atoms with Crippen LogP contribution >= 0.6 is 0 Å². The molecule has 1 heterocycles. The number of methoxy groups -OCH3 is 1. The molecule has 2 aromatic carbocycles. The number of nitrogens with zero attached hydrogens (tertiary/aromatic N) is 2. The van der Waals surface area contributed by atoms with Gasteiger partial charge in [-0.15, -0.1) is 0 Å². The lowest BCUT2D eigenvalue weighted by Crippen LogP contribution is -2.52. The van der Waals surface area contributed by atoms with Crippen molar-refractivity contribution in [3.8, 4) is 5.75 Å². The number of aliphatic hydroxyl groups is 1. The SMILES string of the molecule is COc1ccccc1CN1C(=O)C(O)(C(F)(F)F)N=C1c1ccccc1. The van der Waals surface area contributed by atoms with Crippen LogP contribution < -0.4 is 4.74 Å². The Morgan fingerprint density at radius 3 is 2.35 bits per heavy atom. The van der Waals surface area contributed by atoms with Gasteiger partial charge in [-0.05, 0) is 6.07 Å². The van der Waals surface area contributed by atoms with Crippen LogP contribution in [0.5, 0.6) is 5.75 Å². The molecular weight excluding hydrogens is 349 g/mol. The van der Waals surface area contributed by atoms with Gasteiger partial charge in [-0.2, -0.15) is 13.2 Å². The quantitative estimate of drug-likeness (QED) is 0.908. The third-order valence-electron chi connectivity index (χ3n) is 4.01. The first kappa shape index (κ1) is 17.9. The Labute approximate surface area is 147 Å². The van der Waals surface area contributed by atoms with Gasteiger partial charge in [0.25, 0.3) is 5.91 Å². The Hall–Kier alpha value is -2.87. The van der Waals surface area contributed by atoms with E-state index in [1.807, 2.05) is 0 Å². The molecule has 3 rings (SSSR count). The molecule has 0 saturated carbocycles. The zero-order valence-electron chi connectivity index (χ0n) is 13.7. The van der Waals surface area contributed by atoms with Crippen LogP contribution in [0.25, 0.3) is 0 Å². The molecule has 8 heteroatoms. The van der Waals surface area contributed by atoms with Gasteiger partial charge in [0.2, 0.25) is 0 Å². The summed E-state index contributed by atoms with van der Waals surface area (Å²) in [7, 11) is 1.42. The number of amidine groups is 1. The largest absolute Gasteiger partial charge is 0.496 e. The van der Waals surface area contributed by atoms with Crippen LogP contribution in [-0.2, 0) is 11.3 Å². The monoisotopic (exact) mass is 364 g/mol. The van der Waals surface area contributed by atoms with Crippen molar-refractivity contribution in [2.45, 2.75) is 18.4 Å². The van der Waals surface area contributed by atoms with E-state index >= 15 is 0 Å². The summed E-state index contributed by atoms with van der Waals surface area (Å²) in [6.07, 6.45) is -5.24. The molecule has 0 fully saturated rings. The molecule has 136 valence electrons. The molecule has 1 amide bonds. The number of alkyl halides is 3. The predicted molar refractivity (Wildman–Crippen MR) is 87.5 cm³/mol. The van der Waals surface area contributed by atoms with Gasteiger partial charge in [0, 0.05) is 11.1 Å². The Morgan fingerprint density at radius 2 is 1.73 bits per heavy atom. The van der Waals surface area contributed by atoms with Crippen molar-refractivity contribution >= 4 is 11.7 Å². The molecule has 0 aliphatic carbocycles. The van der Waals surface area contributed by atoms with Crippen LogP contribution in [0.4, 0.5) is 13.2 Å². The van der Waals surface area contributed by atoms with E-state index in [4.69, 9.17) is 4.74 Å². The van der Waals surface area contributed by atoms with E-state index in [0.717, 1.165) is 4.90 Å². The van der Waals surface area contributed by atoms with Gasteiger partial charge in [0.1, 0.15) is 11.6 Å². The van der Waals surface area contributed by atoms with Crippen LogP contribution in [0, 0.1) is 0 Å². The van der Waals surface area contributed by atoms with Gasteiger partial charge in [0.05, 0.1) is 13.7 Å². The van der Waals surface area contributed by atoms with Gasteiger partial charge in [-0.25, -0.2) is 4.99 Å².